The number of hydrogen-bond donors (Lipinski definition) is 2. The fourth-order valence-corrected chi connectivity index (χ4v) is 1.85. The van der Waals surface area contributed by atoms with Crippen LogP contribution >= 0.6 is 11.6 Å². The minimum Gasteiger partial charge on any atom is -0.484 e. The number of amides is 1. The number of nitrogen functional groups attached to an aromatic ring is 1. The first-order valence-electron chi connectivity index (χ1n) is 6.09. The third-order valence-corrected chi connectivity index (χ3v) is 2.88. The van der Waals surface area contributed by atoms with E-state index in [4.69, 9.17) is 22.1 Å². The molecule has 3 N–H and O–H groups in total. The summed E-state index contributed by atoms with van der Waals surface area (Å²) in [6, 6.07) is 12.4. The number of halogens is 1. The van der Waals surface area contributed by atoms with Crippen molar-refractivity contribution in [1.29, 1.82) is 0 Å². The maximum Gasteiger partial charge on any atom is 0.262 e. The summed E-state index contributed by atoms with van der Waals surface area (Å²) in [5.41, 5.74) is 7.76. The molecule has 0 bridgehead atoms. The number of aryl methyl sites for hydroxylation is 1. The molecule has 20 heavy (non-hydrogen) atoms. The molecular formula is C15H15ClN2O2. The zero-order valence-electron chi connectivity index (χ0n) is 11.0. The van der Waals surface area contributed by atoms with E-state index in [9.17, 15) is 4.79 Å². The quantitative estimate of drug-likeness (QED) is 0.850. The van der Waals surface area contributed by atoms with Crippen molar-refractivity contribution in [2.75, 3.05) is 17.7 Å². The summed E-state index contributed by atoms with van der Waals surface area (Å²) in [5, 5.41) is 3.17. The third kappa shape index (κ3) is 3.90. The van der Waals surface area contributed by atoms with Gasteiger partial charge in [0, 0.05) is 5.02 Å². The van der Waals surface area contributed by atoms with E-state index in [1.165, 1.54) is 0 Å². The minimum absolute atomic E-state index is 0.0879. The highest BCUT2D eigenvalue weighted by atomic mass is 35.5. The zero-order chi connectivity index (χ0) is 14.5. The first-order valence-corrected chi connectivity index (χ1v) is 6.47. The molecule has 0 aliphatic rings. The van der Waals surface area contributed by atoms with Crippen LogP contribution in [0, 0.1) is 6.92 Å². The molecule has 0 fully saturated rings. The fraction of sp³-hybridized carbons (Fsp3) is 0.133. The Morgan fingerprint density at radius 2 is 2.10 bits per heavy atom. The summed E-state index contributed by atoms with van der Waals surface area (Å²) in [6.07, 6.45) is 0. The van der Waals surface area contributed by atoms with Gasteiger partial charge in [0.05, 0.1) is 11.4 Å². The molecule has 0 atom stereocenters. The number of hydrogen-bond acceptors (Lipinski definition) is 3. The van der Waals surface area contributed by atoms with Crippen molar-refractivity contribution in [3.63, 3.8) is 0 Å². The van der Waals surface area contributed by atoms with Crippen LogP contribution in [0.2, 0.25) is 5.02 Å². The number of carbonyl (C=O) groups excluding carboxylic acids is 1. The lowest BCUT2D eigenvalue weighted by molar-refractivity contribution is -0.118. The van der Waals surface area contributed by atoms with E-state index in [1.54, 1.807) is 24.3 Å². The number of benzene rings is 2. The second-order valence-corrected chi connectivity index (χ2v) is 4.82. The molecule has 4 nitrogen and oxygen atoms in total. The molecule has 0 aliphatic heterocycles. The molecule has 0 aromatic heterocycles. The second kappa shape index (κ2) is 6.30. The van der Waals surface area contributed by atoms with Gasteiger partial charge in [-0.25, -0.2) is 0 Å². The Morgan fingerprint density at radius 1 is 1.30 bits per heavy atom. The van der Waals surface area contributed by atoms with E-state index in [2.05, 4.69) is 5.32 Å². The van der Waals surface area contributed by atoms with Crippen molar-refractivity contribution < 1.29 is 9.53 Å². The topological polar surface area (TPSA) is 64.3 Å². The van der Waals surface area contributed by atoms with Gasteiger partial charge in [0.15, 0.2) is 6.61 Å². The second-order valence-electron chi connectivity index (χ2n) is 4.38. The Hall–Kier alpha value is -2.20. The van der Waals surface area contributed by atoms with E-state index in [0.717, 1.165) is 5.56 Å². The lowest BCUT2D eigenvalue weighted by Gasteiger charge is -2.10. The van der Waals surface area contributed by atoms with Crippen LogP contribution in [0.15, 0.2) is 42.5 Å². The van der Waals surface area contributed by atoms with Gasteiger partial charge < -0.3 is 15.8 Å². The van der Waals surface area contributed by atoms with Crippen LogP contribution in [0.25, 0.3) is 0 Å². The molecule has 0 heterocycles. The van der Waals surface area contributed by atoms with Gasteiger partial charge in [0.2, 0.25) is 0 Å². The third-order valence-electron chi connectivity index (χ3n) is 2.65. The molecular weight excluding hydrogens is 276 g/mol. The van der Waals surface area contributed by atoms with Crippen LogP contribution < -0.4 is 15.8 Å². The standard InChI is InChI=1S/C15H15ClN2O2/c1-10-3-2-4-12(7-10)20-9-15(19)18-14-8-11(16)5-6-13(14)17/h2-8H,9,17H2,1H3,(H,18,19). The number of nitrogens with two attached hydrogens (primary N) is 1. The van der Waals surface area contributed by atoms with Crippen LogP contribution in [-0.2, 0) is 4.79 Å². The average Bonchev–Trinajstić information content (AvgIpc) is 2.41. The summed E-state index contributed by atoms with van der Waals surface area (Å²) in [6.45, 7) is 1.87. The van der Waals surface area contributed by atoms with E-state index < -0.39 is 0 Å². The SMILES string of the molecule is Cc1cccc(OCC(=O)Nc2cc(Cl)ccc2N)c1. The normalized spacial score (nSPS) is 10.1. The van der Waals surface area contributed by atoms with Crippen LogP contribution in [0.4, 0.5) is 11.4 Å². The molecule has 1 amide bonds. The lowest BCUT2D eigenvalue weighted by atomic mass is 10.2. The highest BCUT2D eigenvalue weighted by Gasteiger charge is 2.07. The van der Waals surface area contributed by atoms with Crippen molar-refractivity contribution in [2.45, 2.75) is 6.92 Å². The molecule has 0 saturated carbocycles. The number of rotatable bonds is 4. The van der Waals surface area contributed by atoms with Crippen molar-refractivity contribution in [2.24, 2.45) is 0 Å². The summed E-state index contributed by atoms with van der Waals surface area (Å²) in [5.74, 6) is 0.361. The summed E-state index contributed by atoms with van der Waals surface area (Å²) in [7, 11) is 0. The first-order chi connectivity index (χ1) is 9.54. The number of nitrogens with one attached hydrogen (secondary N) is 1. The smallest absolute Gasteiger partial charge is 0.262 e. The first kappa shape index (κ1) is 14.2. The molecule has 0 radical (unpaired) electrons. The van der Waals surface area contributed by atoms with E-state index in [-0.39, 0.29) is 12.5 Å². The van der Waals surface area contributed by atoms with Crippen molar-refractivity contribution in [3.05, 3.63) is 53.1 Å². The van der Waals surface area contributed by atoms with Gasteiger partial charge in [0.1, 0.15) is 5.75 Å². The number of carbonyl (C=O) groups is 1. The monoisotopic (exact) mass is 290 g/mol. The Labute approximate surface area is 122 Å². The molecule has 2 rings (SSSR count). The molecule has 2 aromatic carbocycles. The lowest BCUT2D eigenvalue weighted by Crippen LogP contribution is -2.20. The highest BCUT2D eigenvalue weighted by Crippen LogP contribution is 2.22. The predicted octanol–water partition coefficient (Wildman–Crippen LogP) is 3.25. The van der Waals surface area contributed by atoms with Gasteiger partial charge in [0.25, 0.3) is 5.91 Å². The highest BCUT2D eigenvalue weighted by molar-refractivity contribution is 6.31. The van der Waals surface area contributed by atoms with Gasteiger partial charge in [-0.2, -0.15) is 0 Å². The molecule has 0 spiro atoms. The number of anilines is 2. The maximum atomic E-state index is 11.8. The Bertz CT molecular complexity index is 629. The molecule has 5 heteroatoms. The molecule has 0 saturated heterocycles. The van der Waals surface area contributed by atoms with Gasteiger partial charge in [-0.05, 0) is 42.8 Å². The molecule has 0 unspecified atom stereocenters. The molecule has 2 aromatic rings. The molecule has 104 valence electrons. The summed E-state index contributed by atoms with van der Waals surface area (Å²) in [4.78, 5) is 11.8. The predicted molar refractivity (Wildman–Crippen MR) is 81.2 cm³/mol. The average molecular weight is 291 g/mol. The van der Waals surface area contributed by atoms with Crippen molar-refractivity contribution >= 4 is 28.9 Å². The minimum atomic E-state index is -0.291. The largest absolute Gasteiger partial charge is 0.484 e. The van der Waals surface area contributed by atoms with E-state index in [0.29, 0.717) is 22.1 Å². The van der Waals surface area contributed by atoms with E-state index >= 15 is 0 Å². The van der Waals surface area contributed by atoms with Crippen LogP contribution in [0.5, 0.6) is 5.75 Å². The van der Waals surface area contributed by atoms with Crippen molar-refractivity contribution in [1.82, 2.24) is 0 Å². The van der Waals surface area contributed by atoms with Gasteiger partial charge in [-0.1, -0.05) is 23.7 Å². The number of ether oxygens (including phenoxy) is 1. The summed E-state index contributed by atoms with van der Waals surface area (Å²) < 4.78 is 5.41. The Balaban J connectivity index is 1.94. The fourth-order valence-electron chi connectivity index (χ4n) is 1.68. The van der Waals surface area contributed by atoms with Gasteiger partial charge >= 0.3 is 0 Å². The van der Waals surface area contributed by atoms with Gasteiger partial charge in [-0.3, -0.25) is 4.79 Å². The zero-order valence-corrected chi connectivity index (χ0v) is 11.8. The van der Waals surface area contributed by atoms with Crippen molar-refractivity contribution in [3.8, 4) is 5.75 Å². The Kier molecular flexibility index (Phi) is 4.48. The van der Waals surface area contributed by atoms with E-state index in [1.807, 2.05) is 25.1 Å². The van der Waals surface area contributed by atoms with Crippen LogP contribution in [0.1, 0.15) is 5.56 Å². The van der Waals surface area contributed by atoms with Gasteiger partial charge in [-0.15, -0.1) is 0 Å². The summed E-state index contributed by atoms with van der Waals surface area (Å²) >= 11 is 5.85. The maximum absolute atomic E-state index is 11.8. The Morgan fingerprint density at radius 3 is 2.85 bits per heavy atom. The van der Waals surface area contributed by atoms with Crippen LogP contribution in [0.3, 0.4) is 0 Å². The van der Waals surface area contributed by atoms with Crippen LogP contribution in [-0.4, -0.2) is 12.5 Å². The molecule has 0 aliphatic carbocycles.